The van der Waals surface area contributed by atoms with Crippen LogP contribution in [0.5, 0.6) is 0 Å². The van der Waals surface area contributed by atoms with Crippen LogP contribution in [0.1, 0.15) is 0 Å². The fraction of sp³-hybridized carbons (Fsp3) is 1.00. The van der Waals surface area contributed by atoms with E-state index >= 15 is 0 Å². The molecule has 2 aliphatic rings. The summed E-state index contributed by atoms with van der Waals surface area (Å²) in [5.41, 5.74) is 0. The summed E-state index contributed by atoms with van der Waals surface area (Å²) >= 11 is 0. The molecule has 2 rings (SSSR count). The van der Waals surface area contributed by atoms with E-state index in [-0.39, 0.29) is 25.0 Å². The van der Waals surface area contributed by atoms with Crippen molar-refractivity contribution in [2.45, 2.75) is 0 Å². The number of rotatable bonds is 6. The Hall–Kier alpha value is -0.180. The van der Waals surface area contributed by atoms with Crippen molar-refractivity contribution in [3.8, 4) is 0 Å². The van der Waals surface area contributed by atoms with Crippen LogP contribution < -0.4 is 0 Å². The Morgan fingerprint density at radius 3 is 1.38 bits per heavy atom. The lowest BCUT2D eigenvalue weighted by molar-refractivity contribution is 0.220. The van der Waals surface area contributed by atoms with E-state index in [2.05, 4.69) is 8.37 Å². The molecule has 6 nitrogen and oxygen atoms in total. The van der Waals surface area contributed by atoms with Gasteiger partial charge in [-0.1, -0.05) is 0 Å². The van der Waals surface area contributed by atoms with Crippen molar-refractivity contribution in [2.75, 3.05) is 25.7 Å². The SMILES string of the molecule is CS(=O)(=O)OCC1C2C(COS(C)(=O)=O)C12. The van der Waals surface area contributed by atoms with Gasteiger partial charge in [-0.3, -0.25) is 8.37 Å². The Labute approximate surface area is 95.2 Å². The van der Waals surface area contributed by atoms with Gasteiger partial charge >= 0.3 is 0 Å². The molecule has 16 heavy (non-hydrogen) atoms. The molecule has 2 saturated carbocycles. The third-order valence-electron chi connectivity index (χ3n) is 3.09. The van der Waals surface area contributed by atoms with Gasteiger partial charge in [-0.25, -0.2) is 0 Å². The molecule has 0 spiro atoms. The van der Waals surface area contributed by atoms with Gasteiger partial charge in [-0.2, -0.15) is 16.8 Å². The van der Waals surface area contributed by atoms with E-state index in [4.69, 9.17) is 0 Å². The van der Waals surface area contributed by atoms with Crippen molar-refractivity contribution in [3.63, 3.8) is 0 Å². The predicted octanol–water partition coefficient (Wildman–Crippen LogP) is -0.569. The minimum absolute atomic E-state index is 0.212. The third kappa shape index (κ3) is 2.93. The van der Waals surface area contributed by atoms with Crippen LogP contribution in [-0.4, -0.2) is 42.6 Å². The summed E-state index contributed by atoms with van der Waals surface area (Å²) < 4.78 is 52.1. The van der Waals surface area contributed by atoms with Crippen molar-refractivity contribution in [3.05, 3.63) is 0 Å². The molecule has 94 valence electrons. The molecular formula is C8H14O6S2. The molecule has 0 unspecified atom stereocenters. The zero-order valence-electron chi connectivity index (χ0n) is 8.99. The zero-order valence-corrected chi connectivity index (χ0v) is 10.6. The second-order valence-corrected chi connectivity index (χ2v) is 7.75. The van der Waals surface area contributed by atoms with Gasteiger partial charge in [0, 0.05) is 0 Å². The average molecular weight is 270 g/mol. The number of hydrogen-bond donors (Lipinski definition) is 0. The van der Waals surface area contributed by atoms with E-state index in [9.17, 15) is 16.8 Å². The summed E-state index contributed by atoms with van der Waals surface area (Å²) in [4.78, 5) is 0. The molecule has 0 aromatic heterocycles. The zero-order chi connectivity index (χ0) is 12.1. The number of hydrogen-bond acceptors (Lipinski definition) is 6. The highest BCUT2D eigenvalue weighted by atomic mass is 32.2. The fourth-order valence-electron chi connectivity index (χ4n) is 2.19. The van der Waals surface area contributed by atoms with E-state index in [1.54, 1.807) is 0 Å². The summed E-state index contributed by atoms with van der Waals surface area (Å²) in [6.07, 6.45) is 2.04. The highest BCUT2D eigenvalue weighted by Gasteiger charge is 2.73. The molecule has 2 fully saturated rings. The first-order valence-corrected chi connectivity index (χ1v) is 8.51. The van der Waals surface area contributed by atoms with Gasteiger partial charge in [-0.15, -0.1) is 0 Å². The van der Waals surface area contributed by atoms with Crippen LogP contribution in [0.15, 0.2) is 0 Å². The maximum Gasteiger partial charge on any atom is 0.264 e. The Morgan fingerprint density at radius 1 is 0.812 bits per heavy atom. The fourth-order valence-corrected chi connectivity index (χ4v) is 3.00. The maximum atomic E-state index is 10.7. The number of fused-ring (bicyclic) bond motifs is 1. The van der Waals surface area contributed by atoms with E-state index in [0.29, 0.717) is 11.8 Å². The van der Waals surface area contributed by atoms with E-state index < -0.39 is 20.2 Å². The second kappa shape index (κ2) is 3.66. The molecule has 0 bridgehead atoms. The molecule has 0 aromatic carbocycles. The molecule has 0 N–H and O–H groups in total. The Kier molecular flexibility index (Phi) is 2.81. The van der Waals surface area contributed by atoms with E-state index in [1.165, 1.54) is 0 Å². The van der Waals surface area contributed by atoms with Crippen molar-refractivity contribution < 1.29 is 25.2 Å². The largest absolute Gasteiger partial charge is 0.270 e. The smallest absolute Gasteiger partial charge is 0.264 e. The first-order valence-electron chi connectivity index (χ1n) is 4.88. The predicted molar refractivity (Wildman–Crippen MR) is 55.6 cm³/mol. The molecular weight excluding hydrogens is 256 g/mol. The minimum atomic E-state index is -3.36. The van der Waals surface area contributed by atoms with E-state index in [0.717, 1.165) is 12.5 Å². The Bertz CT molecular complexity index is 425. The topological polar surface area (TPSA) is 86.7 Å². The highest BCUT2D eigenvalue weighted by Crippen LogP contribution is 2.73. The molecule has 0 saturated heterocycles. The summed E-state index contributed by atoms with van der Waals surface area (Å²) in [5, 5.41) is 0. The minimum Gasteiger partial charge on any atom is -0.270 e. The monoisotopic (exact) mass is 270 g/mol. The molecule has 0 amide bonds. The molecule has 0 heterocycles. The van der Waals surface area contributed by atoms with Crippen molar-refractivity contribution in [2.24, 2.45) is 23.7 Å². The van der Waals surface area contributed by atoms with Crippen molar-refractivity contribution in [1.29, 1.82) is 0 Å². The highest BCUT2D eigenvalue weighted by molar-refractivity contribution is 7.86. The van der Waals surface area contributed by atoms with Crippen LogP contribution in [0.25, 0.3) is 0 Å². The Balaban J connectivity index is 1.64. The quantitative estimate of drug-likeness (QED) is 0.601. The lowest BCUT2D eigenvalue weighted by Gasteiger charge is -2.10. The van der Waals surface area contributed by atoms with Gasteiger partial charge in [0.25, 0.3) is 20.2 Å². The van der Waals surface area contributed by atoms with Gasteiger partial charge in [0.2, 0.25) is 0 Å². The van der Waals surface area contributed by atoms with Gasteiger partial charge in [-0.05, 0) is 23.7 Å². The lowest BCUT2D eigenvalue weighted by Crippen LogP contribution is -2.16. The third-order valence-corrected chi connectivity index (χ3v) is 4.22. The maximum absolute atomic E-state index is 10.7. The van der Waals surface area contributed by atoms with Crippen LogP contribution in [0.4, 0.5) is 0 Å². The molecule has 0 atom stereocenters. The molecule has 2 aliphatic carbocycles. The van der Waals surface area contributed by atoms with Gasteiger partial charge in [0.15, 0.2) is 0 Å². The lowest BCUT2D eigenvalue weighted by atomic mass is 10.1. The first-order chi connectivity index (χ1) is 7.19. The van der Waals surface area contributed by atoms with Crippen LogP contribution in [0, 0.1) is 23.7 Å². The molecule has 0 aromatic rings. The van der Waals surface area contributed by atoms with Crippen LogP contribution in [0.2, 0.25) is 0 Å². The first kappa shape index (κ1) is 12.3. The second-order valence-electron chi connectivity index (χ2n) is 4.46. The van der Waals surface area contributed by atoms with Crippen LogP contribution in [-0.2, 0) is 28.6 Å². The summed E-state index contributed by atoms with van der Waals surface area (Å²) in [7, 11) is -6.72. The summed E-state index contributed by atoms with van der Waals surface area (Å²) in [6.45, 7) is 0.424. The van der Waals surface area contributed by atoms with Gasteiger partial charge < -0.3 is 0 Å². The Morgan fingerprint density at radius 2 is 1.12 bits per heavy atom. The molecule has 0 aliphatic heterocycles. The average Bonchev–Trinajstić information content (AvgIpc) is 2.85. The van der Waals surface area contributed by atoms with Gasteiger partial charge in [0.05, 0.1) is 25.7 Å². The normalized spacial score (nSPS) is 36.9. The standard InChI is InChI=1S/C8H14O6S2/c1-15(9,10)13-3-5-7-6(8(5)7)4-14-16(2,11)12/h5-8H,3-4H2,1-2H3. The van der Waals surface area contributed by atoms with Crippen molar-refractivity contribution >= 4 is 20.2 Å². The van der Waals surface area contributed by atoms with Crippen molar-refractivity contribution in [1.82, 2.24) is 0 Å². The van der Waals surface area contributed by atoms with Gasteiger partial charge in [0.1, 0.15) is 0 Å². The van der Waals surface area contributed by atoms with Crippen LogP contribution >= 0.6 is 0 Å². The molecule has 8 heteroatoms. The van der Waals surface area contributed by atoms with E-state index in [1.807, 2.05) is 0 Å². The summed E-state index contributed by atoms with van der Waals surface area (Å²) in [6, 6.07) is 0. The van der Waals surface area contributed by atoms with Crippen LogP contribution in [0.3, 0.4) is 0 Å². The summed E-state index contributed by atoms with van der Waals surface area (Å²) in [5.74, 6) is 1.32. The molecule has 0 radical (unpaired) electrons.